The first-order chi connectivity index (χ1) is 10.1. The van der Waals surface area contributed by atoms with Gasteiger partial charge in [-0.15, -0.1) is 0 Å². The number of nitrogens with two attached hydrogens (primary N) is 1. The normalized spacial score (nSPS) is 12.3. The minimum Gasteiger partial charge on any atom is -0.497 e. The fraction of sp³-hybridized carbons (Fsp3) is 0.467. The molecule has 0 fully saturated rings. The molecule has 21 heavy (non-hydrogen) atoms. The monoisotopic (exact) mass is 291 g/mol. The van der Waals surface area contributed by atoms with Crippen molar-refractivity contribution in [3.8, 4) is 11.8 Å². The number of methoxy groups -OCH3 is 1. The van der Waals surface area contributed by atoms with Crippen LogP contribution in [-0.4, -0.2) is 29.2 Å². The van der Waals surface area contributed by atoms with Crippen molar-refractivity contribution in [2.45, 2.75) is 26.8 Å². The zero-order chi connectivity index (χ0) is 15.4. The van der Waals surface area contributed by atoms with Gasteiger partial charge in [0.25, 0.3) is 6.01 Å². The van der Waals surface area contributed by atoms with Crippen molar-refractivity contribution in [1.82, 2.24) is 9.55 Å². The second-order valence-corrected chi connectivity index (χ2v) is 4.93. The van der Waals surface area contributed by atoms with Crippen LogP contribution in [0.25, 0.3) is 11.0 Å². The van der Waals surface area contributed by atoms with Gasteiger partial charge < -0.3 is 15.2 Å². The fourth-order valence-electron chi connectivity index (χ4n) is 2.13. The van der Waals surface area contributed by atoms with Crippen molar-refractivity contribution in [2.24, 2.45) is 11.7 Å². The second kappa shape index (κ2) is 6.47. The molecule has 0 saturated heterocycles. The average molecular weight is 291 g/mol. The molecule has 0 saturated carbocycles. The number of aryl methyl sites for hydroxylation is 1. The van der Waals surface area contributed by atoms with E-state index >= 15 is 0 Å². The largest absolute Gasteiger partial charge is 0.497 e. The third-order valence-corrected chi connectivity index (χ3v) is 3.47. The number of benzene rings is 1. The van der Waals surface area contributed by atoms with Gasteiger partial charge in [0.2, 0.25) is 5.91 Å². The van der Waals surface area contributed by atoms with Crippen molar-refractivity contribution >= 4 is 16.9 Å². The van der Waals surface area contributed by atoms with Crippen molar-refractivity contribution in [3.63, 3.8) is 0 Å². The Hall–Kier alpha value is -2.24. The van der Waals surface area contributed by atoms with Gasteiger partial charge in [0.1, 0.15) is 5.75 Å². The van der Waals surface area contributed by atoms with E-state index in [0.717, 1.165) is 16.8 Å². The summed E-state index contributed by atoms with van der Waals surface area (Å²) in [4.78, 5) is 15.6. The lowest BCUT2D eigenvalue weighted by Crippen LogP contribution is -2.22. The molecule has 1 aromatic carbocycles. The Morgan fingerprint density at radius 1 is 1.48 bits per heavy atom. The second-order valence-electron chi connectivity index (χ2n) is 4.93. The fourth-order valence-corrected chi connectivity index (χ4v) is 2.13. The number of aromatic nitrogens is 2. The first-order valence-corrected chi connectivity index (χ1v) is 7.03. The number of fused-ring (bicyclic) bond motifs is 1. The molecule has 0 aliphatic rings. The molecule has 1 aromatic heterocycles. The predicted molar refractivity (Wildman–Crippen MR) is 80.4 cm³/mol. The first kappa shape index (κ1) is 15.2. The summed E-state index contributed by atoms with van der Waals surface area (Å²) in [6.07, 6.45) is 0.637. The minimum atomic E-state index is -0.296. The highest BCUT2D eigenvalue weighted by molar-refractivity contribution is 5.79. The topological polar surface area (TPSA) is 79.4 Å². The molecule has 114 valence electrons. The van der Waals surface area contributed by atoms with Gasteiger partial charge in [-0.25, -0.2) is 0 Å². The quantitative estimate of drug-likeness (QED) is 0.845. The van der Waals surface area contributed by atoms with Crippen LogP contribution in [0.5, 0.6) is 11.8 Å². The summed E-state index contributed by atoms with van der Waals surface area (Å²) < 4.78 is 12.8. The Labute approximate surface area is 123 Å². The van der Waals surface area contributed by atoms with E-state index in [-0.39, 0.29) is 11.8 Å². The Balaban J connectivity index is 2.36. The van der Waals surface area contributed by atoms with Gasteiger partial charge in [0.15, 0.2) is 0 Å². The Bertz CT molecular complexity index is 636. The van der Waals surface area contributed by atoms with Gasteiger partial charge >= 0.3 is 0 Å². The summed E-state index contributed by atoms with van der Waals surface area (Å²) in [5, 5.41) is 0. The van der Waals surface area contributed by atoms with Crippen molar-refractivity contribution in [2.75, 3.05) is 13.7 Å². The maximum atomic E-state index is 11.2. The van der Waals surface area contributed by atoms with E-state index in [1.165, 1.54) is 0 Å². The Kier molecular flexibility index (Phi) is 4.67. The standard InChI is InChI=1S/C15H21N3O3/c1-4-21-15-17-12-6-5-11(20-3)9-13(12)18(15)8-7-10(2)14(16)19/h5-6,9-10H,4,7-8H2,1-3H3,(H2,16,19). The van der Waals surface area contributed by atoms with Crippen LogP contribution in [0.1, 0.15) is 20.3 Å². The molecule has 0 aliphatic carbocycles. The van der Waals surface area contributed by atoms with E-state index in [1.807, 2.05) is 36.6 Å². The van der Waals surface area contributed by atoms with Crippen LogP contribution in [0.3, 0.4) is 0 Å². The molecule has 2 rings (SSSR count). The maximum absolute atomic E-state index is 11.2. The Morgan fingerprint density at radius 3 is 2.86 bits per heavy atom. The lowest BCUT2D eigenvalue weighted by atomic mass is 10.1. The van der Waals surface area contributed by atoms with Gasteiger partial charge in [-0.1, -0.05) is 6.92 Å². The predicted octanol–water partition coefficient (Wildman–Crippen LogP) is 1.96. The van der Waals surface area contributed by atoms with Gasteiger partial charge in [-0.05, 0) is 25.5 Å². The molecule has 2 aromatic rings. The number of nitrogens with zero attached hydrogens (tertiary/aromatic N) is 2. The molecule has 1 heterocycles. The van der Waals surface area contributed by atoms with Crippen LogP contribution < -0.4 is 15.2 Å². The molecule has 0 spiro atoms. The highest BCUT2D eigenvalue weighted by Crippen LogP contribution is 2.26. The van der Waals surface area contributed by atoms with E-state index < -0.39 is 0 Å². The van der Waals surface area contributed by atoms with Crippen molar-refractivity contribution < 1.29 is 14.3 Å². The van der Waals surface area contributed by atoms with Gasteiger partial charge in [0.05, 0.1) is 24.8 Å². The smallest absolute Gasteiger partial charge is 0.297 e. The summed E-state index contributed by atoms with van der Waals surface area (Å²) >= 11 is 0. The summed E-state index contributed by atoms with van der Waals surface area (Å²) in [6, 6.07) is 6.23. The van der Waals surface area contributed by atoms with E-state index in [9.17, 15) is 4.79 Å². The van der Waals surface area contributed by atoms with Crippen LogP contribution in [0.15, 0.2) is 18.2 Å². The summed E-state index contributed by atoms with van der Waals surface area (Å²) in [5.74, 6) is 0.271. The molecular formula is C15H21N3O3. The zero-order valence-electron chi connectivity index (χ0n) is 12.6. The number of carbonyl (C=O) groups is 1. The number of amides is 1. The maximum Gasteiger partial charge on any atom is 0.297 e. The molecule has 6 nitrogen and oxygen atoms in total. The van der Waals surface area contributed by atoms with Gasteiger partial charge in [-0.2, -0.15) is 4.98 Å². The highest BCUT2D eigenvalue weighted by atomic mass is 16.5. The Morgan fingerprint density at radius 2 is 2.24 bits per heavy atom. The lowest BCUT2D eigenvalue weighted by molar-refractivity contribution is -0.121. The number of carbonyl (C=O) groups excluding carboxylic acids is 1. The number of ether oxygens (including phenoxy) is 2. The molecule has 0 aliphatic heterocycles. The van der Waals surface area contributed by atoms with Gasteiger partial charge in [-0.3, -0.25) is 9.36 Å². The number of hydrogen-bond donors (Lipinski definition) is 1. The average Bonchev–Trinajstić information content (AvgIpc) is 2.81. The molecule has 0 radical (unpaired) electrons. The van der Waals surface area contributed by atoms with Crippen molar-refractivity contribution in [3.05, 3.63) is 18.2 Å². The first-order valence-electron chi connectivity index (χ1n) is 7.03. The molecule has 0 bridgehead atoms. The third kappa shape index (κ3) is 3.26. The van der Waals surface area contributed by atoms with Crippen LogP contribution in [-0.2, 0) is 11.3 Å². The molecule has 2 N–H and O–H groups in total. The molecule has 1 unspecified atom stereocenters. The van der Waals surface area contributed by atoms with Crippen LogP contribution in [0.4, 0.5) is 0 Å². The molecule has 1 amide bonds. The van der Waals surface area contributed by atoms with E-state index in [2.05, 4.69) is 4.98 Å². The number of rotatable bonds is 7. The SMILES string of the molecule is CCOc1nc2ccc(OC)cc2n1CCC(C)C(N)=O. The summed E-state index contributed by atoms with van der Waals surface area (Å²) in [5.41, 5.74) is 7.08. The van der Waals surface area contributed by atoms with E-state index in [1.54, 1.807) is 7.11 Å². The van der Waals surface area contributed by atoms with Gasteiger partial charge in [0, 0.05) is 18.5 Å². The lowest BCUT2D eigenvalue weighted by Gasteiger charge is -2.11. The highest BCUT2D eigenvalue weighted by Gasteiger charge is 2.15. The molecular weight excluding hydrogens is 270 g/mol. The number of hydrogen-bond acceptors (Lipinski definition) is 4. The summed E-state index contributed by atoms with van der Waals surface area (Å²) in [7, 11) is 1.63. The summed E-state index contributed by atoms with van der Waals surface area (Å²) in [6.45, 7) is 4.88. The van der Waals surface area contributed by atoms with Crippen LogP contribution >= 0.6 is 0 Å². The van der Waals surface area contributed by atoms with Crippen LogP contribution in [0, 0.1) is 5.92 Å². The molecule has 1 atom stereocenters. The van der Waals surface area contributed by atoms with Crippen LogP contribution in [0.2, 0.25) is 0 Å². The van der Waals surface area contributed by atoms with E-state index in [4.69, 9.17) is 15.2 Å². The van der Waals surface area contributed by atoms with Crippen molar-refractivity contribution in [1.29, 1.82) is 0 Å². The van der Waals surface area contributed by atoms with E-state index in [0.29, 0.717) is 25.6 Å². The number of primary amides is 1. The molecule has 6 heteroatoms. The number of imidazole rings is 1. The third-order valence-electron chi connectivity index (χ3n) is 3.47. The zero-order valence-corrected chi connectivity index (χ0v) is 12.6. The minimum absolute atomic E-state index is 0.192.